The Morgan fingerprint density at radius 1 is 0.976 bits per heavy atom. The van der Waals surface area contributed by atoms with Crippen molar-refractivity contribution in [1.29, 1.82) is 0 Å². The van der Waals surface area contributed by atoms with Crippen LogP contribution in [0.15, 0.2) is 41.3 Å². The molecule has 2 aromatic carbocycles. The van der Waals surface area contributed by atoms with Crippen LogP contribution in [-0.2, 0) is 38.0 Å². The largest absolute Gasteiger partial charge is 0.358 e. The van der Waals surface area contributed by atoms with Gasteiger partial charge in [0.1, 0.15) is 0 Å². The summed E-state index contributed by atoms with van der Waals surface area (Å²) in [6.45, 7) is 1.51. The van der Waals surface area contributed by atoms with E-state index in [9.17, 15) is 22.8 Å². The van der Waals surface area contributed by atoms with Crippen LogP contribution in [0.4, 0.5) is 5.69 Å². The van der Waals surface area contributed by atoms with Crippen LogP contribution >= 0.6 is 23.2 Å². The molecule has 0 spiro atoms. The summed E-state index contributed by atoms with van der Waals surface area (Å²) in [5.74, 6) is -0.692. The van der Waals surface area contributed by atoms with Gasteiger partial charge >= 0.3 is 0 Å². The first-order valence-electron chi connectivity index (χ1n) is 14.0. The Kier molecular flexibility index (Phi) is 7.76. The molecule has 2 aliphatic heterocycles. The molecule has 42 heavy (non-hydrogen) atoms. The normalized spacial score (nSPS) is 17.5. The van der Waals surface area contributed by atoms with Crippen molar-refractivity contribution in [3.05, 3.63) is 80.1 Å². The van der Waals surface area contributed by atoms with Crippen molar-refractivity contribution in [2.24, 2.45) is 0 Å². The number of amides is 2. The van der Waals surface area contributed by atoms with E-state index < -0.39 is 15.6 Å². The fourth-order valence-corrected chi connectivity index (χ4v) is 8.14. The third kappa shape index (κ3) is 5.41. The number of carbonyl (C=O) groups excluding carboxylic acids is 3. The van der Waals surface area contributed by atoms with Crippen molar-refractivity contribution in [1.82, 2.24) is 9.88 Å². The van der Waals surface area contributed by atoms with E-state index in [1.165, 1.54) is 12.1 Å². The molecular formula is C31H29Cl2N3O5S. The van der Waals surface area contributed by atoms with Crippen molar-refractivity contribution in [2.45, 2.75) is 55.6 Å². The molecule has 2 amide bonds. The lowest BCUT2D eigenvalue weighted by molar-refractivity contribution is -0.130. The minimum Gasteiger partial charge on any atom is -0.358 e. The molecule has 3 aliphatic rings. The number of aryl methyl sites for hydroxylation is 1. The zero-order valence-corrected chi connectivity index (χ0v) is 25.1. The van der Waals surface area contributed by atoms with Crippen LogP contribution in [0.25, 0.3) is 11.6 Å². The number of benzene rings is 2. The van der Waals surface area contributed by atoms with Gasteiger partial charge in [-0.1, -0.05) is 29.3 Å². The Labute approximate surface area is 254 Å². The topological polar surface area (TPSA) is 116 Å². The monoisotopic (exact) mass is 625 g/mol. The van der Waals surface area contributed by atoms with Crippen LogP contribution < -0.4 is 5.32 Å². The van der Waals surface area contributed by atoms with Gasteiger partial charge in [-0.25, -0.2) is 8.42 Å². The molecule has 1 saturated heterocycles. The summed E-state index contributed by atoms with van der Waals surface area (Å²) < 4.78 is 26.8. The lowest BCUT2D eigenvalue weighted by Gasteiger charge is -2.16. The van der Waals surface area contributed by atoms with Gasteiger partial charge in [0.25, 0.3) is 5.91 Å². The van der Waals surface area contributed by atoms with E-state index in [-0.39, 0.29) is 44.5 Å². The zero-order chi connectivity index (χ0) is 29.6. The van der Waals surface area contributed by atoms with E-state index in [0.29, 0.717) is 47.3 Å². The summed E-state index contributed by atoms with van der Waals surface area (Å²) in [7, 11) is -3.87. The number of anilines is 1. The number of halogens is 2. The van der Waals surface area contributed by atoms with E-state index in [1.807, 2.05) is 4.90 Å². The van der Waals surface area contributed by atoms with Gasteiger partial charge in [0.15, 0.2) is 15.6 Å². The third-order valence-corrected chi connectivity index (χ3v) is 10.5. The van der Waals surface area contributed by atoms with E-state index >= 15 is 0 Å². The van der Waals surface area contributed by atoms with E-state index in [1.54, 1.807) is 30.3 Å². The fraction of sp³-hybridized carbons (Fsp3) is 0.323. The first-order chi connectivity index (χ1) is 20.1. The van der Waals surface area contributed by atoms with Gasteiger partial charge in [0, 0.05) is 69.7 Å². The summed E-state index contributed by atoms with van der Waals surface area (Å²) in [5.41, 5.74) is 4.26. The highest BCUT2D eigenvalue weighted by molar-refractivity contribution is 7.90. The molecule has 0 saturated carbocycles. The fourth-order valence-electron chi connectivity index (χ4n) is 6.02. The molecule has 0 unspecified atom stereocenters. The number of ketones is 1. The van der Waals surface area contributed by atoms with Crippen molar-refractivity contribution >= 4 is 68.0 Å². The molecule has 3 heterocycles. The number of sulfone groups is 1. The maximum atomic E-state index is 13.4. The lowest BCUT2D eigenvalue weighted by atomic mass is 9.91. The van der Waals surface area contributed by atoms with Gasteiger partial charge < -0.3 is 15.2 Å². The molecule has 3 aromatic rings. The van der Waals surface area contributed by atoms with Crippen molar-refractivity contribution < 1.29 is 22.8 Å². The summed E-state index contributed by atoms with van der Waals surface area (Å²) in [6.07, 6.45) is 6.17. The van der Waals surface area contributed by atoms with E-state index in [2.05, 4.69) is 10.3 Å². The number of aromatic nitrogens is 1. The highest BCUT2D eigenvalue weighted by Crippen LogP contribution is 2.38. The second kappa shape index (κ2) is 11.4. The minimum atomic E-state index is -3.87. The SMILES string of the molecule is O=C1Nc2ccc(S(=O)(=O)Cc3c(Cl)cccc3Cl)cc2/C1=C/c1[nH]c2c(c1CCC(=O)N1CCCC1)C(=O)CCC2. The molecular weight excluding hydrogens is 597 g/mol. The number of hydrogen-bond donors (Lipinski definition) is 2. The molecule has 0 radical (unpaired) electrons. The van der Waals surface area contributed by atoms with Crippen LogP contribution in [-0.4, -0.2) is 49.0 Å². The maximum Gasteiger partial charge on any atom is 0.256 e. The molecule has 0 bridgehead atoms. The summed E-state index contributed by atoms with van der Waals surface area (Å²) in [6, 6.07) is 9.30. The number of carbonyl (C=O) groups is 3. The summed E-state index contributed by atoms with van der Waals surface area (Å²) >= 11 is 12.5. The highest BCUT2D eigenvalue weighted by atomic mass is 35.5. The molecule has 1 aromatic heterocycles. The van der Waals surface area contributed by atoms with Gasteiger partial charge in [-0.15, -0.1) is 0 Å². The molecule has 1 aliphatic carbocycles. The van der Waals surface area contributed by atoms with Gasteiger partial charge in [-0.3, -0.25) is 14.4 Å². The summed E-state index contributed by atoms with van der Waals surface area (Å²) in [5, 5.41) is 3.32. The van der Waals surface area contributed by atoms with E-state index in [4.69, 9.17) is 23.2 Å². The number of fused-ring (bicyclic) bond motifs is 2. The van der Waals surface area contributed by atoms with Crippen LogP contribution in [0.2, 0.25) is 10.0 Å². The zero-order valence-electron chi connectivity index (χ0n) is 22.8. The van der Waals surface area contributed by atoms with E-state index in [0.717, 1.165) is 43.6 Å². The van der Waals surface area contributed by atoms with Crippen molar-refractivity contribution in [3.8, 4) is 0 Å². The number of likely N-dealkylation sites (tertiary alicyclic amines) is 1. The molecule has 2 N–H and O–H groups in total. The first kappa shape index (κ1) is 28.7. The Bertz CT molecular complexity index is 1750. The number of H-pyrrole nitrogens is 1. The third-order valence-electron chi connectivity index (χ3n) is 8.19. The van der Waals surface area contributed by atoms with Crippen molar-refractivity contribution in [2.75, 3.05) is 18.4 Å². The number of hydrogen-bond acceptors (Lipinski definition) is 5. The highest BCUT2D eigenvalue weighted by Gasteiger charge is 2.31. The van der Waals surface area contributed by atoms with Gasteiger partial charge in [0.05, 0.1) is 16.2 Å². The van der Waals surface area contributed by atoms with Crippen LogP contribution in [0, 0.1) is 0 Å². The smallest absolute Gasteiger partial charge is 0.256 e. The lowest BCUT2D eigenvalue weighted by Crippen LogP contribution is -2.27. The number of aromatic amines is 1. The number of nitrogens with one attached hydrogen (secondary N) is 2. The molecule has 218 valence electrons. The Morgan fingerprint density at radius 3 is 2.45 bits per heavy atom. The van der Waals surface area contributed by atoms with Crippen LogP contribution in [0.5, 0.6) is 0 Å². The predicted molar refractivity (Wildman–Crippen MR) is 162 cm³/mol. The predicted octanol–water partition coefficient (Wildman–Crippen LogP) is 5.86. The average Bonchev–Trinajstić information content (AvgIpc) is 3.68. The van der Waals surface area contributed by atoms with Gasteiger partial charge in [-0.2, -0.15) is 0 Å². The second-order valence-electron chi connectivity index (χ2n) is 10.9. The standard InChI is InChI=1S/C31H29Cl2N3O5S/c32-23-5-3-6-24(33)22(23)17-42(40,41)18-9-11-25-20(15-18)21(31(39)35-25)16-27-19(10-12-29(38)36-13-1-2-14-36)30-26(34-27)7-4-8-28(30)37/h3,5-6,9,11,15-16,34H,1-2,4,7-8,10,12-14,17H2,(H,35,39)/b21-16-. The average molecular weight is 627 g/mol. The second-order valence-corrected chi connectivity index (χ2v) is 13.7. The maximum absolute atomic E-state index is 13.4. The Balaban J connectivity index is 1.36. The molecule has 0 atom stereocenters. The quantitative estimate of drug-likeness (QED) is 0.319. The Morgan fingerprint density at radius 2 is 1.71 bits per heavy atom. The Hall–Kier alpha value is -3.40. The van der Waals surface area contributed by atoms with Crippen LogP contribution in [0.1, 0.15) is 70.5 Å². The summed E-state index contributed by atoms with van der Waals surface area (Å²) in [4.78, 5) is 44.2. The molecule has 1 fully saturated rings. The van der Waals surface area contributed by atoms with Gasteiger partial charge in [0.2, 0.25) is 5.91 Å². The van der Waals surface area contributed by atoms with Crippen molar-refractivity contribution in [3.63, 3.8) is 0 Å². The molecule has 11 heteroatoms. The number of rotatable bonds is 7. The van der Waals surface area contributed by atoms with Gasteiger partial charge in [-0.05, 0) is 74.1 Å². The minimum absolute atomic E-state index is 0.0250. The van der Waals surface area contributed by atoms with Crippen LogP contribution in [0.3, 0.4) is 0 Å². The molecule has 6 rings (SSSR count). The number of nitrogens with zero attached hydrogens (tertiary/aromatic N) is 1. The first-order valence-corrected chi connectivity index (χ1v) is 16.4. The molecule has 8 nitrogen and oxygen atoms in total. The number of Topliss-reactive ketones (excluding diaryl/α,β-unsaturated/α-hetero) is 1.